The van der Waals surface area contributed by atoms with Crippen LogP contribution in [0.5, 0.6) is 0 Å². The fraction of sp³-hybridized carbons (Fsp3) is 0.200. The number of carboxylic acids is 1. The van der Waals surface area contributed by atoms with Crippen LogP contribution < -0.4 is 5.32 Å². The smallest absolute Gasteiger partial charge is 0.345 e. The average molecular weight is 321 g/mol. The molecule has 0 fully saturated rings. The van der Waals surface area contributed by atoms with E-state index < -0.39 is 5.97 Å². The van der Waals surface area contributed by atoms with Crippen molar-refractivity contribution in [2.75, 3.05) is 11.1 Å². The Bertz CT molecular complexity index is 625. The van der Waals surface area contributed by atoms with Crippen molar-refractivity contribution in [1.82, 2.24) is 0 Å². The Morgan fingerprint density at radius 3 is 2.57 bits per heavy atom. The first-order chi connectivity index (χ1) is 10.1. The number of aromatic carboxylic acids is 1. The monoisotopic (exact) mass is 321 g/mol. The zero-order chi connectivity index (χ0) is 15.2. The number of thiol groups is 1. The van der Waals surface area contributed by atoms with E-state index in [1.165, 1.54) is 6.07 Å². The summed E-state index contributed by atoms with van der Waals surface area (Å²) in [5.74, 6) is -0.973. The van der Waals surface area contributed by atoms with E-state index in [9.17, 15) is 9.59 Å². The van der Waals surface area contributed by atoms with Gasteiger partial charge in [0.05, 0.1) is 11.6 Å². The standard InChI is InChI=1S/C15H15NO3S2/c17-14(16-12-7-13(15(18)19)21-9-12)11(8-20)6-10-4-2-1-3-5-10/h1-5,7,9,11,20H,6,8H2,(H,16,17)(H,18,19). The normalized spacial score (nSPS) is 11.9. The lowest BCUT2D eigenvalue weighted by atomic mass is 10.0. The van der Waals surface area contributed by atoms with Crippen molar-refractivity contribution in [2.45, 2.75) is 6.42 Å². The van der Waals surface area contributed by atoms with E-state index in [4.69, 9.17) is 5.11 Å². The highest BCUT2D eigenvalue weighted by molar-refractivity contribution is 7.80. The van der Waals surface area contributed by atoms with Gasteiger partial charge in [0.25, 0.3) is 0 Å². The van der Waals surface area contributed by atoms with Gasteiger partial charge >= 0.3 is 5.97 Å². The minimum absolute atomic E-state index is 0.149. The third-order valence-electron chi connectivity index (χ3n) is 2.99. The molecule has 110 valence electrons. The SMILES string of the molecule is O=C(O)c1cc(NC(=O)C(CS)Cc2ccccc2)cs1. The van der Waals surface area contributed by atoms with Crippen molar-refractivity contribution in [3.63, 3.8) is 0 Å². The second-order valence-electron chi connectivity index (χ2n) is 4.56. The van der Waals surface area contributed by atoms with Gasteiger partial charge in [-0.15, -0.1) is 11.3 Å². The number of nitrogens with one attached hydrogen (secondary N) is 1. The lowest BCUT2D eigenvalue weighted by Crippen LogP contribution is -2.25. The predicted molar refractivity (Wildman–Crippen MR) is 87.4 cm³/mol. The van der Waals surface area contributed by atoms with Crippen LogP contribution in [0.2, 0.25) is 0 Å². The number of carboxylic acid groups (broad SMARTS) is 1. The molecule has 0 aliphatic carbocycles. The largest absolute Gasteiger partial charge is 0.477 e. The van der Waals surface area contributed by atoms with Crippen LogP contribution in [0.15, 0.2) is 41.8 Å². The van der Waals surface area contributed by atoms with Gasteiger partial charge in [-0.2, -0.15) is 12.6 Å². The Morgan fingerprint density at radius 1 is 1.29 bits per heavy atom. The highest BCUT2D eigenvalue weighted by Crippen LogP contribution is 2.21. The Labute approximate surface area is 132 Å². The predicted octanol–water partition coefficient (Wildman–Crippen LogP) is 3.17. The lowest BCUT2D eigenvalue weighted by Gasteiger charge is -2.14. The summed E-state index contributed by atoms with van der Waals surface area (Å²) in [5, 5.41) is 13.2. The Kier molecular flexibility index (Phi) is 5.41. The molecule has 2 aromatic rings. The maximum absolute atomic E-state index is 12.2. The summed E-state index contributed by atoms with van der Waals surface area (Å²) in [5.41, 5.74) is 1.59. The van der Waals surface area contributed by atoms with Crippen LogP contribution in [0, 0.1) is 5.92 Å². The van der Waals surface area contributed by atoms with Crippen molar-refractivity contribution >= 4 is 41.5 Å². The molecular weight excluding hydrogens is 306 g/mol. The van der Waals surface area contributed by atoms with E-state index in [1.807, 2.05) is 30.3 Å². The number of carbonyl (C=O) groups is 2. The molecule has 0 bridgehead atoms. The number of hydrogen-bond donors (Lipinski definition) is 3. The van der Waals surface area contributed by atoms with Gasteiger partial charge < -0.3 is 10.4 Å². The molecule has 6 heteroatoms. The first-order valence-corrected chi connectivity index (χ1v) is 7.89. The Balaban J connectivity index is 2.01. The summed E-state index contributed by atoms with van der Waals surface area (Å²) >= 11 is 5.33. The average Bonchev–Trinajstić information content (AvgIpc) is 2.94. The van der Waals surface area contributed by atoms with Crippen LogP contribution in [-0.4, -0.2) is 22.7 Å². The maximum atomic E-state index is 12.2. The number of anilines is 1. The summed E-state index contributed by atoms with van der Waals surface area (Å²) in [6, 6.07) is 11.2. The van der Waals surface area contributed by atoms with Crippen LogP contribution in [0.1, 0.15) is 15.2 Å². The summed E-state index contributed by atoms with van der Waals surface area (Å²) in [6.07, 6.45) is 0.603. The van der Waals surface area contributed by atoms with Crippen LogP contribution in [-0.2, 0) is 11.2 Å². The van der Waals surface area contributed by atoms with E-state index in [1.54, 1.807) is 5.38 Å². The summed E-state index contributed by atoms with van der Waals surface area (Å²) in [6.45, 7) is 0. The molecule has 0 aliphatic rings. The molecule has 4 nitrogen and oxygen atoms in total. The number of benzene rings is 1. The molecule has 2 rings (SSSR count). The van der Waals surface area contributed by atoms with Crippen molar-refractivity contribution in [1.29, 1.82) is 0 Å². The highest BCUT2D eigenvalue weighted by atomic mass is 32.1. The summed E-state index contributed by atoms with van der Waals surface area (Å²) in [7, 11) is 0. The summed E-state index contributed by atoms with van der Waals surface area (Å²) in [4.78, 5) is 23.2. The van der Waals surface area contributed by atoms with E-state index >= 15 is 0 Å². The van der Waals surface area contributed by atoms with Gasteiger partial charge in [0.15, 0.2) is 0 Å². The molecule has 1 atom stereocenters. The molecule has 0 saturated heterocycles. The van der Waals surface area contributed by atoms with E-state index in [2.05, 4.69) is 17.9 Å². The minimum Gasteiger partial charge on any atom is -0.477 e. The third kappa shape index (κ3) is 4.34. The number of hydrogen-bond acceptors (Lipinski definition) is 4. The number of carbonyl (C=O) groups excluding carboxylic acids is 1. The zero-order valence-electron chi connectivity index (χ0n) is 11.2. The first kappa shape index (κ1) is 15.6. The molecule has 0 radical (unpaired) electrons. The first-order valence-electron chi connectivity index (χ1n) is 6.37. The molecule has 1 aromatic heterocycles. The Hall–Kier alpha value is -1.79. The topological polar surface area (TPSA) is 66.4 Å². The van der Waals surface area contributed by atoms with Crippen LogP contribution in [0.3, 0.4) is 0 Å². The van der Waals surface area contributed by atoms with Gasteiger partial charge in [0.1, 0.15) is 4.88 Å². The van der Waals surface area contributed by atoms with E-state index in [0.29, 0.717) is 17.9 Å². The van der Waals surface area contributed by atoms with Crippen LogP contribution >= 0.6 is 24.0 Å². The molecule has 1 heterocycles. The van der Waals surface area contributed by atoms with Crippen molar-refractivity contribution < 1.29 is 14.7 Å². The molecule has 1 unspecified atom stereocenters. The number of thiophene rings is 1. The van der Waals surface area contributed by atoms with E-state index in [-0.39, 0.29) is 16.7 Å². The molecule has 21 heavy (non-hydrogen) atoms. The van der Waals surface area contributed by atoms with Gasteiger partial charge in [0.2, 0.25) is 5.91 Å². The maximum Gasteiger partial charge on any atom is 0.345 e. The van der Waals surface area contributed by atoms with Gasteiger partial charge in [0, 0.05) is 11.1 Å². The molecule has 0 spiro atoms. The third-order valence-corrected chi connectivity index (χ3v) is 4.35. The second-order valence-corrected chi connectivity index (χ2v) is 5.84. The number of amides is 1. The zero-order valence-corrected chi connectivity index (χ0v) is 12.9. The number of rotatable bonds is 6. The van der Waals surface area contributed by atoms with Crippen LogP contribution in [0.4, 0.5) is 5.69 Å². The molecule has 1 aromatic carbocycles. The molecule has 2 N–H and O–H groups in total. The minimum atomic E-state index is -0.990. The van der Waals surface area contributed by atoms with Crippen molar-refractivity contribution in [2.24, 2.45) is 5.92 Å². The summed E-state index contributed by atoms with van der Waals surface area (Å²) < 4.78 is 0. The molecule has 0 saturated carbocycles. The quantitative estimate of drug-likeness (QED) is 0.716. The molecule has 1 amide bonds. The van der Waals surface area contributed by atoms with Crippen LogP contribution in [0.25, 0.3) is 0 Å². The van der Waals surface area contributed by atoms with Gasteiger partial charge in [-0.3, -0.25) is 4.79 Å². The fourth-order valence-electron chi connectivity index (χ4n) is 1.90. The fourth-order valence-corrected chi connectivity index (χ4v) is 2.87. The Morgan fingerprint density at radius 2 is 2.00 bits per heavy atom. The van der Waals surface area contributed by atoms with Crippen molar-refractivity contribution in [3.8, 4) is 0 Å². The molecule has 0 aliphatic heterocycles. The highest BCUT2D eigenvalue weighted by Gasteiger charge is 2.18. The molecular formula is C15H15NO3S2. The van der Waals surface area contributed by atoms with Gasteiger partial charge in [-0.1, -0.05) is 30.3 Å². The lowest BCUT2D eigenvalue weighted by molar-refractivity contribution is -0.119. The van der Waals surface area contributed by atoms with Crippen molar-refractivity contribution in [3.05, 3.63) is 52.2 Å². The van der Waals surface area contributed by atoms with Gasteiger partial charge in [-0.25, -0.2) is 4.79 Å². The van der Waals surface area contributed by atoms with Gasteiger partial charge in [-0.05, 0) is 18.1 Å². The second kappa shape index (κ2) is 7.28. The van der Waals surface area contributed by atoms with E-state index in [0.717, 1.165) is 16.9 Å².